The van der Waals surface area contributed by atoms with Crippen molar-refractivity contribution in [3.63, 3.8) is 0 Å². The fraction of sp³-hybridized carbons (Fsp3) is 0.167. The third-order valence-electron chi connectivity index (χ3n) is 6.51. The van der Waals surface area contributed by atoms with Crippen molar-refractivity contribution in [2.24, 2.45) is 0 Å². The predicted molar refractivity (Wildman–Crippen MR) is 141 cm³/mol. The Morgan fingerprint density at radius 2 is 1.74 bits per heavy atom. The van der Waals surface area contributed by atoms with Gasteiger partial charge in [-0.25, -0.2) is 4.79 Å². The van der Waals surface area contributed by atoms with Crippen molar-refractivity contribution < 1.29 is 23.6 Å². The molecule has 1 unspecified atom stereocenters. The van der Waals surface area contributed by atoms with Crippen LogP contribution in [0.4, 0.5) is 10.5 Å². The first-order valence-electron chi connectivity index (χ1n) is 12.3. The highest BCUT2D eigenvalue weighted by atomic mass is 16.6. The minimum Gasteiger partial charge on any atom is -0.441 e. The molecule has 8 heteroatoms. The number of aromatic nitrogens is 2. The number of nitrogens with one attached hydrogen (secondary N) is 2. The number of carbonyl (C=O) groups excluding carboxylic acids is 3. The van der Waals surface area contributed by atoms with Crippen LogP contribution < -0.4 is 5.32 Å². The summed E-state index contributed by atoms with van der Waals surface area (Å²) in [5.41, 5.74) is 6.91. The molecule has 38 heavy (non-hydrogen) atoms. The molecular formula is C30H25N3O5. The molecule has 1 aliphatic rings. The van der Waals surface area contributed by atoms with Crippen LogP contribution in [0.25, 0.3) is 33.5 Å². The third kappa shape index (κ3) is 5.56. The third-order valence-corrected chi connectivity index (χ3v) is 6.51. The van der Waals surface area contributed by atoms with Crippen molar-refractivity contribution in [1.29, 1.82) is 0 Å². The first-order chi connectivity index (χ1) is 18.6. The maximum Gasteiger partial charge on any atom is 0.412 e. The molecule has 0 bridgehead atoms. The summed E-state index contributed by atoms with van der Waals surface area (Å²) in [5.74, 6) is 1.21. The normalized spacial score (nSPS) is 13.2. The van der Waals surface area contributed by atoms with Crippen molar-refractivity contribution >= 4 is 28.8 Å². The molecule has 1 atom stereocenters. The van der Waals surface area contributed by atoms with Gasteiger partial charge < -0.3 is 14.2 Å². The number of anilines is 1. The van der Waals surface area contributed by atoms with Crippen LogP contribution >= 0.6 is 0 Å². The first-order valence-corrected chi connectivity index (χ1v) is 12.3. The second-order valence-electron chi connectivity index (χ2n) is 9.12. The Kier molecular flexibility index (Phi) is 7.15. The average Bonchev–Trinajstić information content (AvgIpc) is 3.54. The van der Waals surface area contributed by atoms with Crippen LogP contribution in [0, 0.1) is 0 Å². The number of nitrogens with zero attached hydrogens (tertiary/aromatic N) is 1. The summed E-state index contributed by atoms with van der Waals surface area (Å²) in [4.78, 5) is 32.3. The summed E-state index contributed by atoms with van der Waals surface area (Å²) in [6.45, 7) is 1.83. The topological polar surface area (TPSA) is 114 Å². The largest absolute Gasteiger partial charge is 0.441 e. The van der Waals surface area contributed by atoms with Gasteiger partial charge in [-0.05, 0) is 54.5 Å². The Hall–Kier alpha value is -4.94. The van der Waals surface area contributed by atoms with Crippen molar-refractivity contribution in [3.8, 4) is 22.6 Å². The molecule has 8 nitrogen and oxygen atoms in total. The second-order valence-corrected chi connectivity index (χ2v) is 9.12. The number of hydrogen-bond donors (Lipinski definition) is 2. The summed E-state index contributed by atoms with van der Waals surface area (Å²) in [7, 11) is 0. The Morgan fingerprint density at radius 1 is 1.03 bits per heavy atom. The fourth-order valence-corrected chi connectivity index (χ4v) is 4.40. The number of rotatable bonds is 6. The lowest BCUT2D eigenvalue weighted by Crippen LogP contribution is -2.16. The number of fused-ring (bicyclic) bond motifs is 1. The van der Waals surface area contributed by atoms with Gasteiger partial charge in [0.25, 0.3) is 0 Å². The average molecular weight is 508 g/mol. The maximum atomic E-state index is 12.5. The van der Waals surface area contributed by atoms with Crippen molar-refractivity contribution in [2.45, 2.75) is 31.8 Å². The van der Waals surface area contributed by atoms with Crippen LogP contribution in [-0.4, -0.2) is 22.4 Å². The van der Waals surface area contributed by atoms with Crippen molar-refractivity contribution in [2.75, 3.05) is 5.32 Å². The van der Waals surface area contributed by atoms with E-state index < -0.39 is 6.09 Å². The molecule has 0 aliphatic heterocycles. The standard InChI is InChI=1S/C29H25N3O3.CO2/c1-18(19-5-3-2-4-6-19)34-29(33)32-27-17-30-35-28(27)22-11-9-21(10-12-22)25-16-24-14-13-23(20-7-8-20)15-26(24)31-25;2-1-3/h2-6,9-18,20,31H,7-8H2,1H3,(H,32,33);. The number of benzene rings is 3. The van der Waals surface area contributed by atoms with Gasteiger partial charge in [0.15, 0.2) is 5.76 Å². The van der Waals surface area contributed by atoms with Crippen LogP contribution in [0.1, 0.15) is 42.9 Å². The van der Waals surface area contributed by atoms with Gasteiger partial charge in [0.2, 0.25) is 0 Å². The summed E-state index contributed by atoms with van der Waals surface area (Å²) in [6.07, 6.45) is 3.37. The lowest BCUT2D eigenvalue weighted by Gasteiger charge is -2.13. The maximum absolute atomic E-state index is 12.5. The van der Waals surface area contributed by atoms with E-state index in [-0.39, 0.29) is 12.3 Å². The predicted octanol–water partition coefficient (Wildman–Crippen LogP) is 7.09. The highest BCUT2D eigenvalue weighted by Gasteiger charge is 2.23. The van der Waals surface area contributed by atoms with Crippen LogP contribution in [0.5, 0.6) is 0 Å². The first kappa shape index (κ1) is 24.7. The summed E-state index contributed by atoms with van der Waals surface area (Å²) in [6, 6.07) is 26.5. The van der Waals surface area contributed by atoms with E-state index in [0.717, 1.165) is 28.3 Å². The van der Waals surface area contributed by atoms with Crippen LogP contribution in [0.2, 0.25) is 0 Å². The van der Waals surface area contributed by atoms with E-state index in [1.807, 2.05) is 61.5 Å². The molecule has 6 rings (SSSR count). The Balaban J connectivity index is 0.000000937. The lowest BCUT2D eigenvalue weighted by molar-refractivity contribution is -0.191. The van der Waals surface area contributed by atoms with Gasteiger partial charge in [-0.2, -0.15) is 9.59 Å². The summed E-state index contributed by atoms with van der Waals surface area (Å²) >= 11 is 0. The molecule has 0 radical (unpaired) electrons. The van der Waals surface area contributed by atoms with Crippen LogP contribution in [0.15, 0.2) is 89.6 Å². The minimum absolute atomic E-state index is 0.250. The number of ether oxygens (including phenoxy) is 1. The van der Waals surface area contributed by atoms with E-state index in [2.05, 4.69) is 39.7 Å². The molecule has 2 aromatic heterocycles. The van der Waals surface area contributed by atoms with Gasteiger partial charge >= 0.3 is 12.2 Å². The molecule has 2 heterocycles. The zero-order valence-corrected chi connectivity index (χ0v) is 20.6. The van der Waals surface area contributed by atoms with Gasteiger partial charge in [-0.3, -0.25) is 5.32 Å². The lowest BCUT2D eigenvalue weighted by atomic mass is 10.1. The molecule has 1 amide bonds. The Labute approximate surface area is 218 Å². The van der Waals surface area contributed by atoms with Gasteiger partial charge in [-0.1, -0.05) is 71.9 Å². The molecule has 1 saturated carbocycles. The molecule has 1 fully saturated rings. The highest BCUT2D eigenvalue weighted by Crippen LogP contribution is 2.41. The van der Waals surface area contributed by atoms with Crippen LogP contribution in [0.3, 0.4) is 0 Å². The Bertz CT molecular complexity index is 1580. The Morgan fingerprint density at radius 3 is 2.45 bits per heavy atom. The molecule has 5 aromatic rings. The molecular weight excluding hydrogens is 482 g/mol. The van der Waals surface area contributed by atoms with Gasteiger partial charge in [0.05, 0.1) is 6.20 Å². The highest BCUT2D eigenvalue weighted by molar-refractivity contribution is 5.90. The molecule has 190 valence electrons. The quantitative estimate of drug-likeness (QED) is 0.253. The summed E-state index contributed by atoms with van der Waals surface area (Å²) in [5, 5.41) is 7.83. The van der Waals surface area contributed by atoms with Gasteiger partial charge in [-0.15, -0.1) is 0 Å². The zero-order valence-electron chi connectivity index (χ0n) is 20.6. The molecule has 0 saturated heterocycles. The van der Waals surface area contributed by atoms with Gasteiger partial charge in [0, 0.05) is 22.2 Å². The van der Waals surface area contributed by atoms with Crippen molar-refractivity contribution in [1.82, 2.24) is 10.1 Å². The number of amides is 1. The number of H-pyrrole nitrogens is 1. The van der Waals surface area contributed by atoms with Gasteiger partial charge in [0.1, 0.15) is 11.8 Å². The van der Waals surface area contributed by atoms with E-state index in [0.29, 0.717) is 11.4 Å². The molecule has 0 spiro atoms. The zero-order chi connectivity index (χ0) is 26.5. The van der Waals surface area contributed by atoms with E-state index in [1.54, 1.807) is 0 Å². The molecule has 1 aliphatic carbocycles. The van der Waals surface area contributed by atoms with Crippen LogP contribution in [-0.2, 0) is 14.3 Å². The minimum atomic E-state index is -0.564. The number of aromatic amines is 1. The van der Waals surface area contributed by atoms with Crippen molar-refractivity contribution in [3.05, 3.63) is 96.2 Å². The van der Waals surface area contributed by atoms with E-state index >= 15 is 0 Å². The molecule has 2 N–H and O–H groups in total. The number of carbonyl (C=O) groups is 1. The molecule has 3 aromatic carbocycles. The van der Waals surface area contributed by atoms with E-state index in [1.165, 1.54) is 35.5 Å². The van der Waals surface area contributed by atoms with E-state index in [4.69, 9.17) is 18.8 Å². The smallest absolute Gasteiger partial charge is 0.412 e. The SMILES string of the molecule is CC(OC(=O)Nc1cnoc1-c1ccc(-c2cc3ccc(C4CC4)cc3[nH]2)cc1)c1ccccc1.O=C=O. The van der Waals surface area contributed by atoms with E-state index in [9.17, 15) is 4.79 Å². The monoisotopic (exact) mass is 507 g/mol. The fourth-order valence-electron chi connectivity index (χ4n) is 4.40. The second kappa shape index (κ2) is 11.0. The summed E-state index contributed by atoms with van der Waals surface area (Å²) < 4.78 is 11.0. The number of hydrogen-bond acceptors (Lipinski definition) is 6.